The maximum Gasteiger partial charge on any atom is 0.387 e. The lowest BCUT2D eigenvalue weighted by atomic mass is 10.1. The molecule has 0 heterocycles. The molecule has 0 amide bonds. The molecule has 0 saturated carbocycles. The number of hydrogen-bond donors (Lipinski definition) is 1. The number of phenols is 1. The quantitative estimate of drug-likeness (QED) is 0.776. The van der Waals surface area contributed by atoms with Crippen LogP contribution >= 0.6 is 0 Å². The summed E-state index contributed by atoms with van der Waals surface area (Å²) >= 11 is 0. The van der Waals surface area contributed by atoms with Crippen molar-refractivity contribution in [3.05, 3.63) is 23.3 Å². The molecule has 0 bridgehead atoms. The molecule has 0 atom stereocenters. The highest BCUT2D eigenvalue weighted by atomic mass is 19.3. The molecule has 4 nitrogen and oxygen atoms in total. The predicted octanol–water partition coefficient (Wildman–Crippen LogP) is 1.62. The molecule has 0 aromatic heterocycles. The maximum atomic E-state index is 11.8. The van der Waals surface area contributed by atoms with Crippen molar-refractivity contribution in [2.24, 2.45) is 0 Å². The molecule has 6 heteroatoms. The molecule has 1 rings (SSSR count). The molecule has 0 saturated heterocycles. The highest BCUT2D eigenvalue weighted by Gasteiger charge is 2.15. The van der Waals surface area contributed by atoms with Gasteiger partial charge in [-0.25, -0.2) is 0 Å². The highest BCUT2D eigenvalue weighted by molar-refractivity contribution is 5.93. The summed E-state index contributed by atoms with van der Waals surface area (Å²) in [6.07, 6.45) is 0.521. The van der Waals surface area contributed by atoms with Crippen LogP contribution in [0.3, 0.4) is 0 Å². The van der Waals surface area contributed by atoms with Gasteiger partial charge < -0.3 is 9.84 Å². The fraction of sp³-hybridized carbons (Fsp3) is 0.111. The van der Waals surface area contributed by atoms with Gasteiger partial charge in [-0.2, -0.15) is 8.78 Å². The number of rotatable bonds is 4. The molecule has 1 aromatic rings. The Hall–Kier alpha value is -1.98. The Bertz CT molecular complexity index is 390. The summed E-state index contributed by atoms with van der Waals surface area (Å²) in [5, 5.41) is 9.30. The molecule has 80 valence electrons. The molecule has 0 aliphatic carbocycles. The Labute approximate surface area is 83.1 Å². The van der Waals surface area contributed by atoms with E-state index in [1.807, 2.05) is 0 Å². The van der Waals surface area contributed by atoms with Crippen LogP contribution in [-0.4, -0.2) is 24.3 Å². The normalized spacial score (nSPS) is 10.1. The van der Waals surface area contributed by atoms with Crippen LogP contribution in [0.25, 0.3) is 0 Å². The van der Waals surface area contributed by atoms with Crippen LogP contribution in [0, 0.1) is 0 Å². The molecule has 0 fully saturated rings. The van der Waals surface area contributed by atoms with E-state index in [4.69, 9.17) is 0 Å². The number of alkyl halides is 2. The zero-order valence-corrected chi connectivity index (χ0v) is 7.31. The lowest BCUT2D eigenvalue weighted by Crippen LogP contribution is -2.03. The molecule has 0 spiro atoms. The monoisotopic (exact) mass is 216 g/mol. The lowest BCUT2D eigenvalue weighted by Gasteiger charge is -2.08. The van der Waals surface area contributed by atoms with Gasteiger partial charge in [0.1, 0.15) is 0 Å². The Morgan fingerprint density at radius 2 is 1.93 bits per heavy atom. The second kappa shape index (κ2) is 4.50. The van der Waals surface area contributed by atoms with Crippen LogP contribution in [-0.2, 0) is 0 Å². The Kier molecular flexibility index (Phi) is 3.33. The third kappa shape index (κ3) is 2.28. The SMILES string of the molecule is O=Cc1ccc(OC(F)F)c(O)c1C=O. The molecule has 1 aromatic carbocycles. The summed E-state index contributed by atoms with van der Waals surface area (Å²) in [5.74, 6) is -1.31. The number of carbonyl (C=O) groups excluding carboxylic acids is 2. The molecule has 0 aliphatic heterocycles. The topological polar surface area (TPSA) is 63.6 Å². The zero-order valence-electron chi connectivity index (χ0n) is 7.31. The van der Waals surface area contributed by atoms with E-state index in [2.05, 4.69) is 4.74 Å². The van der Waals surface area contributed by atoms with E-state index in [1.165, 1.54) is 0 Å². The standard InChI is InChI=1S/C9H6F2O4/c10-9(11)15-7-2-1-5(3-12)6(4-13)8(7)14/h1-4,9,14H. The van der Waals surface area contributed by atoms with Gasteiger partial charge in [0.25, 0.3) is 0 Å². The van der Waals surface area contributed by atoms with Crippen LogP contribution in [0.2, 0.25) is 0 Å². The number of benzene rings is 1. The molecular formula is C9H6F2O4. The van der Waals surface area contributed by atoms with E-state index in [0.29, 0.717) is 6.29 Å². The minimum atomic E-state index is -3.11. The van der Waals surface area contributed by atoms with Gasteiger partial charge in [0.05, 0.1) is 5.56 Å². The predicted molar refractivity (Wildman–Crippen MR) is 45.5 cm³/mol. The average Bonchev–Trinajstić information content (AvgIpc) is 2.20. The molecule has 1 N–H and O–H groups in total. The van der Waals surface area contributed by atoms with Gasteiger partial charge >= 0.3 is 6.61 Å². The Morgan fingerprint density at radius 1 is 1.27 bits per heavy atom. The first-order valence-electron chi connectivity index (χ1n) is 3.81. The fourth-order valence-electron chi connectivity index (χ4n) is 1.02. The first-order chi connectivity index (χ1) is 7.10. The van der Waals surface area contributed by atoms with Gasteiger partial charge in [-0.15, -0.1) is 0 Å². The molecule has 0 aliphatic rings. The van der Waals surface area contributed by atoms with Crippen molar-refractivity contribution in [1.29, 1.82) is 0 Å². The van der Waals surface area contributed by atoms with E-state index >= 15 is 0 Å². The van der Waals surface area contributed by atoms with Crippen LogP contribution in [0.15, 0.2) is 12.1 Å². The fourth-order valence-corrected chi connectivity index (χ4v) is 1.02. The third-order valence-electron chi connectivity index (χ3n) is 1.67. The van der Waals surface area contributed by atoms with Gasteiger partial charge in [-0.3, -0.25) is 9.59 Å². The first kappa shape index (κ1) is 11.1. The van der Waals surface area contributed by atoms with E-state index in [1.54, 1.807) is 0 Å². The van der Waals surface area contributed by atoms with Crippen molar-refractivity contribution in [3.63, 3.8) is 0 Å². The summed E-state index contributed by atoms with van der Waals surface area (Å²) in [7, 11) is 0. The van der Waals surface area contributed by atoms with Gasteiger partial charge in [0.15, 0.2) is 24.1 Å². The lowest BCUT2D eigenvalue weighted by molar-refractivity contribution is -0.0512. The van der Waals surface area contributed by atoms with Crippen molar-refractivity contribution in [1.82, 2.24) is 0 Å². The van der Waals surface area contributed by atoms with Crippen molar-refractivity contribution in [3.8, 4) is 11.5 Å². The second-order valence-electron chi connectivity index (χ2n) is 2.53. The van der Waals surface area contributed by atoms with E-state index in [0.717, 1.165) is 12.1 Å². The average molecular weight is 216 g/mol. The number of phenolic OH excluding ortho intramolecular Hbond substituents is 1. The van der Waals surface area contributed by atoms with Crippen LogP contribution in [0.1, 0.15) is 20.7 Å². The van der Waals surface area contributed by atoms with Crippen molar-refractivity contribution >= 4 is 12.6 Å². The van der Waals surface area contributed by atoms with Crippen LogP contribution in [0.5, 0.6) is 11.5 Å². The molecule has 0 radical (unpaired) electrons. The number of hydrogen-bond acceptors (Lipinski definition) is 4. The number of carbonyl (C=O) groups is 2. The maximum absolute atomic E-state index is 11.8. The van der Waals surface area contributed by atoms with E-state index in [9.17, 15) is 23.5 Å². The van der Waals surface area contributed by atoms with Gasteiger partial charge in [-0.1, -0.05) is 0 Å². The second-order valence-corrected chi connectivity index (χ2v) is 2.53. The summed E-state index contributed by atoms with van der Waals surface area (Å²) in [4.78, 5) is 20.9. The van der Waals surface area contributed by atoms with Crippen molar-refractivity contribution in [2.45, 2.75) is 6.61 Å². The van der Waals surface area contributed by atoms with Crippen molar-refractivity contribution in [2.75, 3.05) is 0 Å². The summed E-state index contributed by atoms with van der Waals surface area (Å²) in [6.45, 7) is -3.11. The summed E-state index contributed by atoms with van der Waals surface area (Å²) in [5.41, 5.74) is -0.465. The summed E-state index contributed by atoms with van der Waals surface area (Å²) in [6, 6.07) is 2.09. The number of aromatic hydroxyl groups is 1. The van der Waals surface area contributed by atoms with Gasteiger partial charge in [0.2, 0.25) is 0 Å². The third-order valence-corrected chi connectivity index (χ3v) is 1.67. The van der Waals surface area contributed by atoms with E-state index in [-0.39, 0.29) is 17.4 Å². The van der Waals surface area contributed by atoms with Gasteiger partial charge in [-0.05, 0) is 12.1 Å². The first-order valence-corrected chi connectivity index (χ1v) is 3.81. The smallest absolute Gasteiger partial charge is 0.387 e. The minimum Gasteiger partial charge on any atom is -0.504 e. The Balaban J connectivity index is 3.22. The molecule has 0 unspecified atom stereocenters. The molecular weight excluding hydrogens is 210 g/mol. The van der Waals surface area contributed by atoms with Crippen LogP contribution in [0.4, 0.5) is 8.78 Å². The Morgan fingerprint density at radius 3 is 2.40 bits per heavy atom. The zero-order chi connectivity index (χ0) is 11.4. The summed E-state index contributed by atoms with van der Waals surface area (Å²) < 4.78 is 27.6. The number of aldehydes is 2. The minimum absolute atomic E-state index is 0.0934. The van der Waals surface area contributed by atoms with E-state index < -0.39 is 18.1 Å². The molecule has 15 heavy (non-hydrogen) atoms. The number of halogens is 2. The number of ether oxygens (including phenoxy) is 1. The largest absolute Gasteiger partial charge is 0.504 e. The van der Waals surface area contributed by atoms with Crippen LogP contribution < -0.4 is 4.74 Å². The van der Waals surface area contributed by atoms with Gasteiger partial charge in [0, 0.05) is 5.56 Å². The highest BCUT2D eigenvalue weighted by Crippen LogP contribution is 2.31. The van der Waals surface area contributed by atoms with Crippen molar-refractivity contribution < 1.29 is 28.2 Å².